The smallest absolute Gasteiger partial charge is 0.304 e. The molecule has 0 saturated carbocycles. The number of aryl methyl sites for hydroxylation is 2. The van der Waals surface area contributed by atoms with Gasteiger partial charge in [-0.15, -0.1) is 22.7 Å². The summed E-state index contributed by atoms with van der Waals surface area (Å²) in [5.74, 6) is -0.684. The van der Waals surface area contributed by atoms with Crippen LogP contribution in [0.15, 0.2) is 28.5 Å². The van der Waals surface area contributed by atoms with E-state index in [-0.39, 0.29) is 5.13 Å². The summed E-state index contributed by atoms with van der Waals surface area (Å²) >= 11 is 8.40. The monoisotopic (exact) mass is 447 g/mol. The number of aromatic nitrogens is 2. The molecule has 0 aliphatic rings. The summed E-state index contributed by atoms with van der Waals surface area (Å²) in [5, 5.41) is 3.95. The standard InChI is InChI=1S/C17H13ClF3N3O2S2/c1-8-3-11(9(2)28-8)13-7-27-16(22-13)23-14(25)6-24-5-10(17(19,20)21)4-12(18)15(24)26/h3-5,7H,6H2,1-2H3,(H,22,23,25). The molecule has 3 aromatic rings. The van der Waals surface area contributed by atoms with Crippen molar-refractivity contribution in [3.05, 3.63) is 54.4 Å². The van der Waals surface area contributed by atoms with Gasteiger partial charge in [0.1, 0.15) is 11.6 Å². The lowest BCUT2D eigenvalue weighted by molar-refractivity contribution is -0.138. The molecule has 5 nitrogen and oxygen atoms in total. The lowest BCUT2D eigenvalue weighted by Gasteiger charge is -2.11. The topological polar surface area (TPSA) is 64.0 Å². The average molecular weight is 448 g/mol. The van der Waals surface area contributed by atoms with E-state index < -0.39 is 34.8 Å². The van der Waals surface area contributed by atoms with Gasteiger partial charge in [0, 0.05) is 26.9 Å². The van der Waals surface area contributed by atoms with Gasteiger partial charge in [0.2, 0.25) is 5.91 Å². The first-order valence-corrected chi connectivity index (χ1v) is 9.92. The second-order valence-electron chi connectivity index (χ2n) is 5.92. The Morgan fingerprint density at radius 1 is 1.32 bits per heavy atom. The Balaban J connectivity index is 1.78. The van der Waals surface area contributed by atoms with E-state index in [2.05, 4.69) is 10.3 Å². The lowest BCUT2D eigenvalue weighted by atomic mass is 10.2. The number of carbonyl (C=O) groups is 1. The molecule has 0 bridgehead atoms. The molecule has 0 aromatic carbocycles. The number of thiazole rings is 1. The summed E-state index contributed by atoms with van der Waals surface area (Å²) < 4.78 is 39.3. The summed E-state index contributed by atoms with van der Waals surface area (Å²) in [7, 11) is 0. The summed E-state index contributed by atoms with van der Waals surface area (Å²) in [6.07, 6.45) is -4.12. The molecule has 0 aliphatic heterocycles. The minimum Gasteiger partial charge on any atom is -0.304 e. The van der Waals surface area contributed by atoms with Crippen LogP contribution in [0.3, 0.4) is 0 Å². The molecule has 0 radical (unpaired) electrons. The summed E-state index contributed by atoms with van der Waals surface area (Å²) in [5.41, 5.74) is -0.333. The fourth-order valence-corrected chi connectivity index (χ4v) is 4.41. The summed E-state index contributed by atoms with van der Waals surface area (Å²) in [4.78, 5) is 30.7. The van der Waals surface area contributed by atoms with Crippen molar-refractivity contribution in [3.63, 3.8) is 0 Å². The highest BCUT2D eigenvalue weighted by molar-refractivity contribution is 7.14. The highest BCUT2D eigenvalue weighted by Crippen LogP contribution is 2.32. The maximum atomic E-state index is 12.9. The van der Waals surface area contributed by atoms with Crippen molar-refractivity contribution in [1.82, 2.24) is 9.55 Å². The molecule has 1 N–H and O–H groups in total. The van der Waals surface area contributed by atoms with Crippen LogP contribution in [0.1, 0.15) is 15.3 Å². The Morgan fingerprint density at radius 3 is 2.64 bits per heavy atom. The van der Waals surface area contributed by atoms with E-state index in [0.717, 1.165) is 15.3 Å². The second kappa shape index (κ2) is 7.69. The third-order valence-electron chi connectivity index (χ3n) is 3.75. The maximum absolute atomic E-state index is 12.9. The van der Waals surface area contributed by atoms with Gasteiger partial charge >= 0.3 is 6.18 Å². The molecule has 0 fully saturated rings. The van der Waals surface area contributed by atoms with E-state index >= 15 is 0 Å². The van der Waals surface area contributed by atoms with Crippen LogP contribution in [0.4, 0.5) is 18.3 Å². The molecule has 3 heterocycles. The third-order valence-corrected chi connectivity index (χ3v) is 5.75. The number of nitrogens with one attached hydrogen (secondary N) is 1. The molecular weight excluding hydrogens is 435 g/mol. The first-order chi connectivity index (χ1) is 13.0. The predicted molar refractivity (Wildman–Crippen MR) is 104 cm³/mol. The number of alkyl halides is 3. The molecule has 0 saturated heterocycles. The van der Waals surface area contributed by atoms with E-state index in [1.807, 2.05) is 19.9 Å². The predicted octanol–water partition coefficient (Wildman–Crippen LogP) is 4.96. The molecule has 11 heteroatoms. The SMILES string of the molecule is Cc1cc(-c2csc(NC(=O)Cn3cc(C(F)(F)F)cc(Cl)c3=O)n2)c(C)s1. The molecule has 1 amide bonds. The van der Waals surface area contributed by atoms with Crippen LogP contribution >= 0.6 is 34.3 Å². The number of halogens is 4. The Labute approximate surface area is 170 Å². The first kappa shape index (κ1) is 20.6. The Morgan fingerprint density at radius 2 is 2.04 bits per heavy atom. The summed E-state index contributed by atoms with van der Waals surface area (Å²) in [6, 6.07) is 2.53. The van der Waals surface area contributed by atoms with Crippen molar-refractivity contribution in [2.45, 2.75) is 26.6 Å². The minimum atomic E-state index is -4.68. The Hall–Kier alpha value is -2.17. The zero-order valence-corrected chi connectivity index (χ0v) is 16.9. The van der Waals surface area contributed by atoms with Crippen molar-refractivity contribution in [3.8, 4) is 11.3 Å². The van der Waals surface area contributed by atoms with Crippen LogP contribution in [-0.4, -0.2) is 15.5 Å². The van der Waals surface area contributed by atoms with Gasteiger partial charge in [-0.3, -0.25) is 9.59 Å². The van der Waals surface area contributed by atoms with Crippen molar-refractivity contribution >= 4 is 45.3 Å². The largest absolute Gasteiger partial charge is 0.417 e. The molecule has 148 valence electrons. The maximum Gasteiger partial charge on any atom is 0.417 e. The number of pyridine rings is 1. The minimum absolute atomic E-state index is 0.286. The van der Waals surface area contributed by atoms with Crippen molar-refractivity contribution in [2.75, 3.05) is 5.32 Å². The van der Waals surface area contributed by atoms with E-state index in [9.17, 15) is 22.8 Å². The molecule has 0 unspecified atom stereocenters. The van der Waals surface area contributed by atoms with Crippen LogP contribution in [0.25, 0.3) is 11.3 Å². The van der Waals surface area contributed by atoms with E-state index in [4.69, 9.17) is 11.6 Å². The zero-order valence-electron chi connectivity index (χ0n) is 14.6. The summed E-state index contributed by atoms with van der Waals surface area (Å²) in [6.45, 7) is 3.33. The van der Waals surface area contributed by atoms with E-state index in [0.29, 0.717) is 22.5 Å². The molecule has 3 rings (SSSR count). The zero-order chi connectivity index (χ0) is 20.6. The quantitative estimate of drug-likeness (QED) is 0.614. The van der Waals surface area contributed by atoms with E-state index in [1.54, 1.807) is 16.7 Å². The molecule has 0 spiro atoms. The third kappa shape index (κ3) is 4.45. The van der Waals surface area contributed by atoms with E-state index in [1.165, 1.54) is 11.3 Å². The molecule has 28 heavy (non-hydrogen) atoms. The normalized spacial score (nSPS) is 11.6. The van der Waals surface area contributed by atoms with Gasteiger partial charge in [0.25, 0.3) is 5.56 Å². The highest BCUT2D eigenvalue weighted by atomic mass is 35.5. The molecule has 0 atom stereocenters. The van der Waals surface area contributed by atoms with Crippen molar-refractivity contribution in [2.24, 2.45) is 0 Å². The van der Waals surface area contributed by atoms with Gasteiger partial charge in [0.05, 0.1) is 11.3 Å². The molecule has 3 aromatic heterocycles. The average Bonchev–Trinajstić information content (AvgIpc) is 3.16. The fourth-order valence-electron chi connectivity index (χ4n) is 2.53. The number of hydrogen-bond donors (Lipinski definition) is 1. The fraction of sp³-hybridized carbons (Fsp3) is 0.235. The number of thiophene rings is 1. The Kier molecular flexibility index (Phi) is 5.64. The molecular formula is C17H13ClF3N3O2S2. The lowest BCUT2D eigenvalue weighted by Crippen LogP contribution is -2.29. The van der Waals surface area contributed by atoms with Crippen LogP contribution in [0.2, 0.25) is 5.02 Å². The van der Waals surface area contributed by atoms with Crippen LogP contribution < -0.4 is 10.9 Å². The number of hydrogen-bond acceptors (Lipinski definition) is 5. The number of nitrogens with zero attached hydrogens (tertiary/aromatic N) is 2. The second-order valence-corrected chi connectivity index (χ2v) is 8.65. The van der Waals surface area contributed by atoms with Gasteiger partial charge in [-0.05, 0) is 26.0 Å². The van der Waals surface area contributed by atoms with Crippen LogP contribution in [0, 0.1) is 13.8 Å². The number of amides is 1. The van der Waals surface area contributed by atoms with Gasteiger partial charge in [-0.1, -0.05) is 11.6 Å². The van der Waals surface area contributed by atoms with Gasteiger partial charge < -0.3 is 9.88 Å². The van der Waals surface area contributed by atoms with Crippen LogP contribution in [0.5, 0.6) is 0 Å². The Bertz CT molecular complexity index is 1100. The van der Waals surface area contributed by atoms with Gasteiger partial charge in [-0.2, -0.15) is 13.2 Å². The van der Waals surface area contributed by atoms with Gasteiger partial charge in [0.15, 0.2) is 5.13 Å². The first-order valence-electron chi connectivity index (χ1n) is 7.84. The molecule has 0 aliphatic carbocycles. The van der Waals surface area contributed by atoms with Crippen LogP contribution in [-0.2, 0) is 17.5 Å². The number of anilines is 1. The van der Waals surface area contributed by atoms with Crippen molar-refractivity contribution < 1.29 is 18.0 Å². The van der Waals surface area contributed by atoms with Crippen molar-refractivity contribution in [1.29, 1.82) is 0 Å². The number of rotatable bonds is 4. The highest BCUT2D eigenvalue weighted by Gasteiger charge is 2.32. The number of carbonyl (C=O) groups excluding carboxylic acids is 1. The van der Waals surface area contributed by atoms with Gasteiger partial charge in [-0.25, -0.2) is 4.98 Å².